The van der Waals surface area contributed by atoms with Crippen molar-refractivity contribution in [2.45, 2.75) is 29.7 Å². The number of benzene rings is 2. The summed E-state index contributed by atoms with van der Waals surface area (Å²) in [5, 5.41) is 0. The Kier molecular flexibility index (Phi) is 3.84. The van der Waals surface area contributed by atoms with Crippen LogP contribution < -0.4 is 0 Å². The second kappa shape index (κ2) is 5.59. The van der Waals surface area contributed by atoms with Crippen LogP contribution in [0.5, 0.6) is 0 Å². The van der Waals surface area contributed by atoms with Crippen molar-refractivity contribution in [1.29, 1.82) is 0 Å². The Hall–Kier alpha value is -0.940. The molecule has 19 heavy (non-hydrogen) atoms. The summed E-state index contributed by atoms with van der Waals surface area (Å²) in [6, 6.07) is 16.4. The van der Waals surface area contributed by atoms with Gasteiger partial charge in [-0.25, -0.2) is 0 Å². The van der Waals surface area contributed by atoms with Gasteiger partial charge in [0.05, 0.1) is 22.8 Å². The molecule has 1 unspecified atom stereocenters. The lowest BCUT2D eigenvalue weighted by molar-refractivity contribution is 0.544. The van der Waals surface area contributed by atoms with Crippen LogP contribution in [-0.4, -0.2) is 8.26 Å². The fraction of sp³-hybridized carbons (Fsp3) is 0.200. The largest absolute Gasteiger partial charge is 0.592 e. The predicted octanol–water partition coefficient (Wildman–Crippen LogP) is 3.79. The molecule has 1 atom stereocenters. The van der Waals surface area contributed by atoms with Crippen LogP contribution in [0.4, 0.5) is 0 Å². The Morgan fingerprint density at radius 1 is 1.11 bits per heavy atom. The first-order valence-corrected chi connectivity index (χ1v) is 8.20. The minimum Gasteiger partial charge on any atom is -0.592 e. The first-order chi connectivity index (χ1) is 9.28. The first kappa shape index (κ1) is 13.1. The number of rotatable bonds is 3. The van der Waals surface area contributed by atoms with Crippen LogP contribution in [0.3, 0.4) is 0 Å². The van der Waals surface area contributed by atoms with Gasteiger partial charge in [-0.3, -0.25) is 0 Å². The molecule has 0 radical (unpaired) electrons. The molecule has 1 aliphatic heterocycles. The molecule has 4 heteroatoms. The zero-order chi connectivity index (χ0) is 13.2. The monoisotopic (exact) mass is 289 g/mol. The summed E-state index contributed by atoms with van der Waals surface area (Å²) in [6.07, 6.45) is 0.980. The summed E-state index contributed by atoms with van der Waals surface area (Å²) >= 11 is 0.540. The summed E-state index contributed by atoms with van der Waals surface area (Å²) < 4.78 is 14.4. The first-order valence-electron chi connectivity index (χ1n) is 6.32. The Balaban J connectivity index is 1.81. The minimum atomic E-state index is -1.05. The lowest BCUT2D eigenvalue weighted by Crippen LogP contribution is -2.19. The van der Waals surface area contributed by atoms with Crippen molar-refractivity contribution in [1.82, 2.24) is 3.71 Å². The Morgan fingerprint density at radius 2 is 1.89 bits per heavy atom. The predicted molar refractivity (Wildman–Crippen MR) is 80.1 cm³/mol. The number of hydrogen-bond donors (Lipinski definition) is 0. The number of fused-ring (bicyclic) bond motifs is 1. The SMILES string of the molecule is CCc1ccc2c(c1)[S+]([O-])N(Cc1ccccc1)S2. The fourth-order valence-electron chi connectivity index (χ4n) is 2.06. The van der Waals surface area contributed by atoms with Gasteiger partial charge >= 0.3 is 0 Å². The number of aryl methyl sites for hydroxylation is 1. The topological polar surface area (TPSA) is 26.3 Å². The van der Waals surface area contributed by atoms with E-state index in [1.165, 1.54) is 11.1 Å². The molecule has 2 aromatic carbocycles. The average molecular weight is 289 g/mol. The van der Waals surface area contributed by atoms with Gasteiger partial charge in [0.15, 0.2) is 4.90 Å². The molecule has 0 saturated heterocycles. The molecular weight excluding hydrogens is 274 g/mol. The maximum absolute atomic E-state index is 12.5. The van der Waals surface area contributed by atoms with E-state index in [0.29, 0.717) is 6.54 Å². The van der Waals surface area contributed by atoms with Crippen molar-refractivity contribution in [3.8, 4) is 0 Å². The van der Waals surface area contributed by atoms with Crippen LogP contribution in [0.2, 0.25) is 0 Å². The molecular formula is C15H15NOS2. The maximum atomic E-state index is 12.5. The molecule has 3 rings (SSSR count). The lowest BCUT2D eigenvalue weighted by Gasteiger charge is -2.14. The molecule has 0 bridgehead atoms. The third-order valence-electron chi connectivity index (χ3n) is 3.14. The van der Waals surface area contributed by atoms with Crippen molar-refractivity contribution < 1.29 is 4.55 Å². The van der Waals surface area contributed by atoms with E-state index in [-0.39, 0.29) is 0 Å². The number of hydrogen-bond acceptors (Lipinski definition) is 3. The maximum Gasteiger partial charge on any atom is 0.190 e. The van der Waals surface area contributed by atoms with E-state index in [1.807, 2.05) is 21.9 Å². The van der Waals surface area contributed by atoms with Crippen molar-refractivity contribution in [3.05, 3.63) is 59.7 Å². The quantitative estimate of drug-likeness (QED) is 0.635. The van der Waals surface area contributed by atoms with E-state index in [2.05, 4.69) is 37.3 Å². The van der Waals surface area contributed by atoms with Crippen LogP contribution >= 0.6 is 11.9 Å². The third-order valence-corrected chi connectivity index (χ3v) is 6.00. The van der Waals surface area contributed by atoms with Crippen LogP contribution in [-0.2, 0) is 24.3 Å². The molecule has 0 aliphatic carbocycles. The van der Waals surface area contributed by atoms with E-state index >= 15 is 0 Å². The molecule has 0 saturated carbocycles. The van der Waals surface area contributed by atoms with Gasteiger partial charge < -0.3 is 4.55 Å². The molecule has 0 N–H and O–H groups in total. The molecule has 2 aromatic rings. The zero-order valence-corrected chi connectivity index (χ0v) is 12.3. The highest BCUT2D eigenvalue weighted by molar-refractivity contribution is 8.11. The van der Waals surface area contributed by atoms with Gasteiger partial charge in [0.1, 0.15) is 0 Å². The van der Waals surface area contributed by atoms with E-state index in [0.717, 1.165) is 16.2 Å². The third kappa shape index (κ3) is 2.67. The summed E-state index contributed by atoms with van der Waals surface area (Å²) in [7, 11) is 0. The summed E-state index contributed by atoms with van der Waals surface area (Å²) in [6.45, 7) is 2.82. The Morgan fingerprint density at radius 3 is 2.63 bits per heavy atom. The lowest BCUT2D eigenvalue weighted by atomic mass is 10.2. The second-order valence-electron chi connectivity index (χ2n) is 4.45. The molecule has 0 fully saturated rings. The molecule has 0 aromatic heterocycles. The van der Waals surface area contributed by atoms with Gasteiger partial charge in [-0.1, -0.05) is 47.0 Å². The highest BCUT2D eigenvalue weighted by Crippen LogP contribution is 2.42. The van der Waals surface area contributed by atoms with E-state index in [4.69, 9.17) is 0 Å². The van der Waals surface area contributed by atoms with Crippen molar-refractivity contribution in [3.63, 3.8) is 0 Å². The Labute approximate surface area is 121 Å². The van der Waals surface area contributed by atoms with Crippen LogP contribution in [0, 0.1) is 0 Å². The second-order valence-corrected chi connectivity index (χ2v) is 7.12. The average Bonchev–Trinajstić information content (AvgIpc) is 2.76. The van der Waals surface area contributed by atoms with Gasteiger partial charge in [-0.2, -0.15) is 0 Å². The summed E-state index contributed by atoms with van der Waals surface area (Å²) in [4.78, 5) is 2.08. The zero-order valence-electron chi connectivity index (χ0n) is 10.7. The van der Waals surface area contributed by atoms with Gasteiger partial charge in [0.25, 0.3) is 0 Å². The Bertz CT molecular complexity index is 574. The molecule has 0 spiro atoms. The molecule has 1 aliphatic rings. The van der Waals surface area contributed by atoms with Gasteiger partial charge in [0.2, 0.25) is 0 Å². The molecule has 98 valence electrons. The van der Waals surface area contributed by atoms with Gasteiger partial charge in [-0.15, -0.1) is 0 Å². The molecule has 0 amide bonds. The fourth-order valence-corrected chi connectivity index (χ4v) is 4.83. The van der Waals surface area contributed by atoms with Crippen LogP contribution in [0.1, 0.15) is 18.1 Å². The van der Waals surface area contributed by atoms with E-state index in [1.54, 1.807) is 11.9 Å². The normalized spacial score (nSPS) is 18.5. The van der Waals surface area contributed by atoms with E-state index < -0.39 is 11.4 Å². The summed E-state index contributed by atoms with van der Waals surface area (Å²) in [5.74, 6) is 0. The van der Waals surface area contributed by atoms with Crippen molar-refractivity contribution >= 4 is 23.3 Å². The van der Waals surface area contributed by atoms with Crippen molar-refractivity contribution in [2.75, 3.05) is 0 Å². The van der Waals surface area contributed by atoms with E-state index in [9.17, 15) is 4.55 Å². The highest BCUT2D eigenvalue weighted by Gasteiger charge is 2.35. The number of nitrogens with zero attached hydrogens (tertiary/aromatic N) is 1. The standard InChI is InChI=1S/C15H15NOS2/c1-2-12-8-9-14-15(10-12)19(17)16(18-14)11-13-6-4-3-5-7-13/h3-10H,2,11H2,1H3. The smallest absolute Gasteiger partial charge is 0.190 e. The molecule has 1 heterocycles. The van der Waals surface area contributed by atoms with Crippen molar-refractivity contribution in [2.24, 2.45) is 0 Å². The summed E-state index contributed by atoms with van der Waals surface area (Å²) in [5.41, 5.74) is 2.43. The molecule has 2 nitrogen and oxygen atoms in total. The van der Waals surface area contributed by atoms with Gasteiger partial charge in [-0.05, 0) is 29.7 Å². The van der Waals surface area contributed by atoms with Gasteiger partial charge in [0, 0.05) is 11.9 Å². The van der Waals surface area contributed by atoms with Crippen LogP contribution in [0.15, 0.2) is 58.3 Å². The minimum absolute atomic E-state index is 0.703. The van der Waals surface area contributed by atoms with Crippen LogP contribution in [0.25, 0.3) is 0 Å². The highest BCUT2D eigenvalue weighted by atomic mass is 32.3.